The molecule has 23 heavy (non-hydrogen) atoms. The topological polar surface area (TPSA) is 79.6 Å². The second-order valence-electron chi connectivity index (χ2n) is 5.11. The third-order valence-electron chi connectivity index (χ3n) is 3.45. The van der Waals surface area contributed by atoms with Crippen molar-refractivity contribution in [2.45, 2.75) is 24.8 Å². The summed E-state index contributed by atoms with van der Waals surface area (Å²) in [6, 6.07) is 10.1. The van der Waals surface area contributed by atoms with Crippen molar-refractivity contribution in [2.75, 3.05) is 13.6 Å². The minimum absolute atomic E-state index is 0.177. The Balaban J connectivity index is 1.97. The quantitative estimate of drug-likeness (QED) is 0.836. The number of nitrogens with one attached hydrogen (secondary N) is 1. The predicted molar refractivity (Wildman–Crippen MR) is 86.2 cm³/mol. The van der Waals surface area contributed by atoms with Crippen molar-refractivity contribution in [1.82, 2.24) is 9.62 Å². The average Bonchev–Trinajstić information content (AvgIpc) is 3.06. The number of nitrogens with zero attached hydrogens (tertiary/aromatic N) is 1. The van der Waals surface area contributed by atoms with Crippen LogP contribution in [0.4, 0.5) is 0 Å². The van der Waals surface area contributed by atoms with E-state index in [1.807, 2.05) is 6.92 Å². The molecule has 0 aliphatic carbocycles. The molecule has 1 N–H and O–H groups in total. The molecule has 6 nitrogen and oxygen atoms in total. The Morgan fingerprint density at radius 3 is 2.48 bits per heavy atom. The molecule has 1 aromatic heterocycles. The van der Waals surface area contributed by atoms with Gasteiger partial charge in [-0.3, -0.25) is 4.79 Å². The van der Waals surface area contributed by atoms with Crippen LogP contribution in [0.15, 0.2) is 52.0 Å². The van der Waals surface area contributed by atoms with Gasteiger partial charge in [-0.1, -0.05) is 19.1 Å². The Bertz CT molecular complexity index is 737. The van der Waals surface area contributed by atoms with E-state index in [-0.39, 0.29) is 18.0 Å². The minimum atomic E-state index is -3.68. The molecule has 1 heterocycles. The fourth-order valence-corrected chi connectivity index (χ4v) is 3.15. The Morgan fingerprint density at radius 1 is 1.22 bits per heavy atom. The predicted octanol–water partition coefficient (Wildman–Crippen LogP) is 1.78. The number of rotatable bonds is 7. The third kappa shape index (κ3) is 4.43. The van der Waals surface area contributed by atoms with Crippen LogP contribution >= 0.6 is 0 Å². The summed E-state index contributed by atoms with van der Waals surface area (Å²) in [5, 5.41) is 2.62. The van der Waals surface area contributed by atoms with Crippen molar-refractivity contribution in [3.05, 3.63) is 54.0 Å². The van der Waals surface area contributed by atoms with E-state index in [1.165, 1.54) is 13.3 Å². The van der Waals surface area contributed by atoms with Gasteiger partial charge in [0.25, 0.3) is 0 Å². The van der Waals surface area contributed by atoms with Gasteiger partial charge in [0.15, 0.2) is 0 Å². The van der Waals surface area contributed by atoms with Gasteiger partial charge < -0.3 is 9.73 Å². The average molecular weight is 336 g/mol. The van der Waals surface area contributed by atoms with Gasteiger partial charge in [-0.25, -0.2) is 8.42 Å². The summed E-state index contributed by atoms with van der Waals surface area (Å²) in [6.07, 6.45) is 2.35. The Hall–Kier alpha value is -2.12. The smallest absolute Gasteiger partial charge is 0.243 e. The molecule has 1 aromatic carbocycles. The first-order chi connectivity index (χ1) is 10.9. The van der Waals surface area contributed by atoms with Crippen molar-refractivity contribution in [2.24, 2.45) is 0 Å². The number of sulfonamides is 1. The summed E-state index contributed by atoms with van der Waals surface area (Å²) in [7, 11) is -2.30. The van der Waals surface area contributed by atoms with Gasteiger partial charge in [0, 0.05) is 7.05 Å². The number of furan rings is 1. The molecular formula is C16H20N2O4S. The Kier molecular flexibility index (Phi) is 5.57. The summed E-state index contributed by atoms with van der Waals surface area (Å²) in [5.41, 5.74) is 1.06. The molecule has 0 fully saturated rings. The van der Waals surface area contributed by atoms with Crippen LogP contribution in [0.1, 0.15) is 18.2 Å². The van der Waals surface area contributed by atoms with Crippen LogP contribution in [-0.4, -0.2) is 32.2 Å². The molecule has 0 aliphatic rings. The molecule has 2 rings (SSSR count). The highest BCUT2D eigenvalue weighted by atomic mass is 32.2. The fourth-order valence-electron chi connectivity index (χ4n) is 2.02. The molecule has 124 valence electrons. The van der Waals surface area contributed by atoms with E-state index in [1.54, 1.807) is 36.4 Å². The lowest BCUT2D eigenvalue weighted by Crippen LogP contribution is -2.38. The van der Waals surface area contributed by atoms with E-state index in [0.717, 1.165) is 16.3 Å². The lowest BCUT2D eigenvalue weighted by atomic mass is 10.2. The third-order valence-corrected chi connectivity index (χ3v) is 5.26. The number of benzene rings is 1. The van der Waals surface area contributed by atoms with Crippen LogP contribution in [0.5, 0.6) is 0 Å². The van der Waals surface area contributed by atoms with E-state index in [4.69, 9.17) is 4.42 Å². The Labute approximate surface area is 136 Å². The monoisotopic (exact) mass is 336 g/mol. The molecule has 0 unspecified atom stereocenters. The van der Waals surface area contributed by atoms with E-state index >= 15 is 0 Å². The lowest BCUT2D eigenvalue weighted by Gasteiger charge is -2.17. The summed E-state index contributed by atoms with van der Waals surface area (Å²) in [4.78, 5) is 12.0. The molecule has 0 saturated heterocycles. The standard InChI is InChI=1S/C16H20N2O4S/c1-3-13-6-8-15(9-7-13)23(20,21)18(2)12-16(19)17-11-14-5-4-10-22-14/h4-10H,3,11-12H2,1-2H3,(H,17,19). The van der Waals surface area contributed by atoms with Gasteiger partial charge >= 0.3 is 0 Å². The molecule has 2 aromatic rings. The number of likely N-dealkylation sites (N-methyl/N-ethyl adjacent to an activating group) is 1. The maximum absolute atomic E-state index is 12.4. The van der Waals surface area contributed by atoms with Crippen LogP contribution in [-0.2, 0) is 27.8 Å². The minimum Gasteiger partial charge on any atom is -0.467 e. The molecule has 0 atom stereocenters. The molecule has 1 amide bonds. The van der Waals surface area contributed by atoms with Gasteiger partial charge in [-0.2, -0.15) is 4.31 Å². The molecule has 0 spiro atoms. The summed E-state index contributed by atoms with van der Waals surface area (Å²) >= 11 is 0. The van der Waals surface area contributed by atoms with Gasteiger partial charge in [0.2, 0.25) is 15.9 Å². The first kappa shape index (κ1) is 17.2. The maximum Gasteiger partial charge on any atom is 0.243 e. The first-order valence-corrected chi connectivity index (χ1v) is 8.72. The largest absolute Gasteiger partial charge is 0.467 e. The van der Waals surface area contributed by atoms with E-state index in [9.17, 15) is 13.2 Å². The highest BCUT2D eigenvalue weighted by molar-refractivity contribution is 7.89. The second-order valence-corrected chi connectivity index (χ2v) is 7.16. The number of hydrogen-bond acceptors (Lipinski definition) is 4. The lowest BCUT2D eigenvalue weighted by molar-refractivity contribution is -0.121. The molecule has 0 saturated carbocycles. The van der Waals surface area contributed by atoms with Gasteiger partial charge in [-0.15, -0.1) is 0 Å². The van der Waals surface area contributed by atoms with Crippen molar-refractivity contribution in [1.29, 1.82) is 0 Å². The summed E-state index contributed by atoms with van der Waals surface area (Å²) in [6.45, 7) is 1.97. The van der Waals surface area contributed by atoms with Crippen molar-refractivity contribution in [3.63, 3.8) is 0 Å². The summed E-state index contributed by atoms with van der Waals surface area (Å²) in [5.74, 6) is 0.219. The van der Waals surface area contributed by atoms with Crippen molar-refractivity contribution >= 4 is 15.9 Å². The molecule has 0 bridgehead atoms. The molecule has 0 radical (unpaired) electrons. The van der Waals surface area contributed by atoms with Gasteiger partial charge in [0.1, 0.15) is 5.76 Å². The van der Waals surface area contributed by atoms with Crippen LogP contribution in [0.3, 0.4) is 0 Å². The number of aryl methyl sites for hydroxylation is 1. The number of carbonyl (C=O) groups is 1. The first-order valence-electron chi connectivity index (χ1n) is 7.28. The van der Waals surface area contributed by atoms with Crippen LogP contribution in [0.25, 0.3) is 0 Å². The van der Waals surface area contributed by atoms with Crippen molar-refractivity contribution < 1.29 is 17.6 Å². The van der Waals surface area contributed by atoms with Gasteiger partial charge in [0.05, 0.1) is 24.2 Å². The zero-order valence-corrected chi connectivity index (χ0v) is 14.0. The van der Waals surface area contributed by atoms with Crippen LogP contribution in [0, 0.1) is 0 Å². The second kappa shape index (κ2) is 7.43. The van der Waals surface area contributed by atoms with Crippen LogP contribution < -0.4 is 5.32 Å². The van der Waals surface area contributed by atoms with Crippen LogP contribution in [0.2, 0.25) is 0 Å². The number of amides is 1. The number of hydrogen-bond donors (Lipinski definition) is 1. The molecule has 0 aliphatic heterocycles. The van der Waals surface area contributed by atoms with E-state index in [0.29, 0.717) is 5.76 Å². The van der Waals surface area contributed by atoms with E-state index < -0.39 is 15.9 Å². The van der Waals surface area contributed by atoms with E-state index in [2.05, 4.69) is 5.32 Å². The highest BCUT2D eigenvalue weighted by Gasteiger charge is 2.22. The zero-order chi connectivity index (χ0) is 16.9. The highest BCUT2D eigenvalue weighted by Crippen LogP contribution is 2.15. The normalized spacial score (nSPS) is 11.6. The number of carbonyl (C=O) groups excluding carboxylic acids is 1. The fraction of sp³-hybridized carbons (Fsp3) is 0.312. The van der Waals surface area contributed by atoms with Crippen molar-refractivity contribution in [3.8, 4) is 0 Å². The SMILES string of the molecule is CCc1ccc(S(=O)(=O)N(C)CC(=O)NCc2ccco2)cc1. The zero-order valence-electron chi connectivity index (χ0n) is 13.2. The van der Waals surface area contributed by atoms with Gasteiger partial charge in [-0.05, 0) is 36.2 Å². The maximum atomic E-state index is 12.4. The Morgan fingerprint density at radius 2 is 1.91 bits per heavy atom. The molecule has 7 heteroatoms. The molecular weight excluding hydrogens is 316 g/mol. The summed E-state index contributed by atoms with van der Waals surface area (Å²) < 4.78 is 31.0.